The van der Waals surface area contributed by atoms with Gasteiger partial charge in [0.25, 0.3) is 0 Å². The second-order valence-corrected chi connectivity index (χ2v) is 7.50. The Morgan fingerprint density at radius 3 is 2.24 bits per heavy atom. The minimum atomic E-state index is -4.39. The molecule has 0 amide bonds. The van der Waals surface area contributed by atoms with Gasteiger partial charge in [-0.3, -0.25) is 9.69 Å². The van der Waals surface area contributed by atoms with Crippen LogP contribution in [-0.4, -0.2) is 47.6 Å². The van der Waals surface area contributed by atoms with E-state index in [2.05, 4.69) is 4.98 Å². The largest absolute Gasteiger partial charge is 0.459 e. The van der Waals surface area contributed by atoms with Crippen molar-refractivity contribution in [3.8, 4) is 0 Å². The molecule has 1 aromatic carbocycles. The van der Waals surface area contributed by atoms with E-state index in [9.17, 15) is 18.0 Å². The average molecular weight is 407 g/mol. The molecule has 2 aromatic rings. The van der Waals surface area contributed by atoms with Crippen LogP contribution < -0.4 is 4.90 Å². The molecule has 2 heterocycles. The molecular weight excluding hydrogens is 383 g/mol. The Morgan fingerprint density at radius 2 is 1.69 bits per heavy atom. The van der Waals surface area contributed by atoms with Crippen molar-refractivity contribution in [2.75, 3.05) is 31.1 Å². The van der Waals surface area contributed by atoms with Crippen LogP contribution in [0.2, 0.25) is 0 Å². The van der Waals surface area contributed by atoms with Gasteiger partial charge in [-0.05, 0) is 31.5 Å². The molecule has 0 bridgehead atoms. The first kappa shape index (κ1) is 21.1. The quantitative estimate of drug-likeness (QED) is 0.707. The first-order valence-electron chi connectivity index (χ1n) is 9.42. The lowest BCUT2D eigenvalue weighted by molar-refractivity contribution is -0.158. The van der Waals surface area contributed by atoms with Gasteiger partial charge in [0, 0.05) is 32.4 Å². The molecule has 0 unspecified atom stereocenters. The van der Waals surface area contributed by atoms with Gasteiger partial charge in [-0.1, -0.05) is 30.3 Å². The maximum Gasteiger partial charge on any atom is 0.417 e. The van der Waals surface area contributed by atoms with E-state index in [1.165, 1.54) is 6.07 Å². The maximum absolute atomic E-state index is 12.7. The first-order valence-corrected chi connectivity index (χ1v) is 9.42. The van der Waals surface area contributed by atoms with Gasteiger partial charge < -0.3 is 9.64 Å². The number of carbonyl (C=O) groups is 1. The van der Waals surface area contributed by atoms with Crippen molar-refractivity contribution in [3.63, 3.8) is 0 Å². The fourth-order valence-electron chi connectivity index (χ4n) is 3.26. The standard InChI is InChI=1S/C21H24F3N3O2/c1-20(2,19(28)29-15-16-6-4-3-5-7-16)27-12-10-26(11-13-27)18-9-8-17(14-25-18)21(22,23)24/h3-9,14H,10-13,15H2,1-2H3. The summed E-state index contributed by atoms with van der Waals surface area (Å²) in [6.07, 6.45) is -3.54. The van der Waals surface area contributed by atoms with Crippen molar-refractivity contribution < 1.29 is 22.7 Å². The summed E-state index contributed by atoms with van der Waals surface area (Å²) in [6, 6.07) is 11.9. The number of rotatable bonds is 5. The SMILES string of the molecule is CC(C)(C(=O)OCc1ccccc1)N1CCN(c2ccc(C(F)(F)F)cn2)CC1. The van der Waals surface area contributed by atoms with Crippen LogP contribution in [0, 0.1) is 0 Å². The van der Waals surface area contributed by atoms with Crippen LogP contribution in [-0.2, 0) is 22.3 Å². The van der Waals surface area contributed by atoms with Crippen molar-refractivity contribution in [2.45, 2.75) is 32.2 Å². The van der Waals surface area contributed by atoms with E-state index in [0.717, 1.165) is 17.8 Å². The monoisotopic (exact) mass is 407 g/mol. The third-order valence-electron chi connectivity index (χ3n) is 5.18. The molecule has 0 radical (unpaired) electrons. The zero-order valence-corrected chi connectivity index (χ0v) is 16.4. The lowest BCUT2D eigenvalue weighted by atomic mass is 10.0. The highest BCUT2D eigenvalue weighted by atomic mass is 19.4. The highest BCUT2D eigenvalue weighted by molar-refractivity contribution is 5.79. The van der Waals surface area contributed by atoms with Crippen LogP contribution >= 0.6 is 0 Å². The molecule has 8 heteroatoms. The molecule has 1 fully saturated rings. The van der Waals surface area contributed by atoms with E-state index in [1.807, 2.05) is 54.0 Å². The number of anilines is 1. The van der Waals surface area contributed by atoms with Gasteiger partial charge in [0.2, 0.25) is 0 Å². The minimum absolute atomic E-state index is 0.221. The third kappa shape index (κ3) is 5.06. The van der Waals surface area contributed by atoms with Crippen LogP contribution in [0.1, 0.15) is 25.0 Å². The lowest BCUT2D eigenvalue weighted by Crippen LogP contribution is -2.58. The average Bonchev–Trinajstić information content (AvgIpc) is 2.72. The summed E-state index contributed by atoms with van der Waals surface area (Å²) in [4.78, 5) is 20.5. The van der Waals surface area contributed by atoms with E-state index in [0.29, 0.717) is 32.0 Å². The number of piperazine rings is 1. The predicted molar refractivity (Wildman–Crippen MR) is 103 cm³/mol. The van der Waals surface area contributed by atoms with Gasteiger partial charge >= 0.3 is 12.1 Å². The zero-order valence-electron chi connectivity index (χ0n) is 16.4. The van der Waals surface area contributed by atoms with Crippen LogP contribution in [0.25, 0.3) is 0 Å². The second kappa shape index (κ2) is 8.41. The zero-order chi connectivity index (χ0) is 21.1. The number of hydrogen-bond acceptors (Lipinski definition) is 5. The van der Waals surface area contributed by atoms with E-state index in [4.69, 9.17) is 4.74 Å². The molecule has 0 aliphatic carbocycles. The van der Waals surface area contributed by atoms with E-state index >= 15 is 0 Å². The van der Waals surface area contributed by atoms with Gasteiger partial charge in [-0.2, -0.15) is 13.2 Å². The molecule has 1 aliphatic rings. The summed E-state index contributed by atoms with van der Waals surface area (Å²) >= 11 is 0. The summed E-state index contributed by atoms with van der Waals surface area (Å²) in [5.74, 6) is 0.199. The number of ether oxygens (including phenoxy) is 1. The van der Waals surface area contributed by atoms with Gasteiger partial charge in [0.1, 0.15) is 18.0 Å². The number of nitrogens with zero attached hydrogens (tertiary/aromatic N) is 3. The highest BCUT2D eigenvalue weighted by Gasteiger charge is 2.38. The first-order chi connectivity index (χ1) is 13.7. The third-order valence-corrected chi connectivity index (χ3v) is 5.18. The number of carbonyl (C=O) groups excluding carboxylic acids is 1. The Bertz CT molecular complexity index is 815. The lowest BCUT2D eigenvalue weighted by Gasteiger charge is -2.42. The number of esters is 1. The van der Waals surface area contributed by atoms with Crippen molar-refractivity contribution in [2.24, 2.45) is 0 Å². The Balaban J connectivity index is 1.55. The molecule has 156 valence electrons. The van der Waals surface area contributed by atoms with Crippen molar-refractivity contribution in [3.05, 3.63) is 59.8 Å². The predicted octanol–water partition coefficient (Wildman–Crippen LogP) is 3.74. The topological polar surface area (TPSA) is 45.7 Å². The number of aromatic nitrogens is 1. The molecule has 1 saturated heterocycles. The Kier molecular flexibility index (Phi) is 6.12. The molecule has 0 spiro atoms. The van der Waals surface area contributed by atoms with Crippen LogP contribution in [0.15, 0.2) is 48.7 Å². The Hall–Kier alpha value is -2.61. The van der Waals surface area contributed by atoms with Crippen molar-refractivity contribution in [1.29, 1.82) is 0 Å². The van der Waals surface area contributed by atoms with Gasteiger partial charge in [0.15, 0.2) is 0 Å². The minimum Gasteiger partial charge on any atom is -0.459 e. The van der Waals surface area contributed by atoms with E-state index in [1.54, 1.807) is 0 Å². The molecular formula is C21H24F3N3O2. The molecule has 0 saturated carbocycles. The summed E-state index contributed by atoms with van der Waals surface area (Å²) < 4.78 is 43.6. The maximum atomic E-state index is 12.7. The fourth-order valence-corrected chi connectivity index (χ4v) is 3.26. The smallest absolute Gasteiger partial charge is 0.417 e. The summed E-state index contributed by atoms with van der Waals surface area (Å²) in [5, 5.41) is 0. The normalized spacial score (nSPS) is 16.0. The Morgan fingerprint density at radius 1 is 1.03 bits per heavy atom. The van der Waals surface area contributed by atoms with Gasteiger partial charge in [0.05, 0.1) is 5.56 Å². The van der Waals surface area contributed by atoms with E-state index < -0.39 is 17.3 Å². The number of pyridine rings is 1. The number of hydrogen-bond donors (Lipinski definition) is 0. The van der Waals surface area contributed by atoms with Crippen LogP contribution in [0.5, 0.6) is 0 Å². The van der Waals surface area contributed by atoms with E-state index in [-0.39, 0.29) is 12.6 Å². The van der Waals surface area contributed by atoms with Crippen LogP contribution in [0.4, 0.5) is 19.0 Å². The number of alkyl halides is 3. The molecule has 0 N–H and O–H groups in total. The second-order valence-electron chi connectivity index (χ2n) is 7.50. The molecule has 0 atom stereocenters. The molecule has 3 rings (SSSR count). The van der Waals surface area contributed by atoms with Crippen molar-refractivity contribution in [1.82, 2.24) is 9.88 Å². The molecule has 1 aromatic heterocycles. The highest BCUT2D eigenvalue weighted by Crippen LogP contribution is 2.29. The molecule has 5 nitrogen and oxygen atoms in total. The fraction of sp³-hybridized carbons (Fsp3) is 0.429. The Labute approximate surface area is 168 Å². The van der Waals surface area contributed by atoms with Crippen LogP contribution in [0.3, 0.4) is 0 Å². The number of benzene rings is 1. The number of halogens is 3. The molecule has 29 heavy (non-hydrogen) atoms. The summed E-state index contributed by atoms with van der Waals surface area (Å²) in [5.41, 5.74) is -0.633. The summed E-state index contributed by atoms with van der Waals surface area (Å²) in [6.45, 7) is 6.16. The van der Waals surface area contributed by atoms with Gasteiger partial charge in [-0.15, -0.1) is 0 Å². The summed E-state index contributed by atoms with van der Waals surface area (Å²) in [7, 11) is 0. The molecule has 1 aliphatic heterocycles. The van der Waals surface area contributed by atoms with Gasteiger partial charge in [-0.25, -0.2) is 4.98 Å². The van der Waals surface area contributed by atoms with Crippen molar-refractivity contribution >= 4 is 11.8 Å².